The quantitative estimate of drug-likeness (QED) is 0.552. The highest BCUT2D eigenvalue weighted by atomic mass is 35.5. The van der Waals surface area contributed by atoms with E-state index in [1.807, 2.05) is 7.05 Å². The van der Waals surface area contributed by atoms with E-state index in [0.29, 0.717) is 5.38 Å². The smallest absolute Gasteiger partial charge is 0.0671 e. The van der Waals surface area contributed by atoms with Crippen molar-refractivity contribution in [2.45, 2.75) is 43.3 Å². The summed E-state index contributed by atoms with van der Waals surface area (Å²) in [5.74, 6) is 0. The van der Waals surface area contributed by atoms with Crippen LogP contribution < -0.4 is 5.32 Å². The van der Waals surface area contributed by atoms with Crippen LogP contribution in [0.3, 0.4) is 0 Å². The Morgan fingerprint density at radius 1 is 1.42 bits per heavy atom. The predicted octanol–water partition coefficient (Wildman–Crippen LogP) is 2.61. The Kier molecular flexibility index (Phi) is 3.62. The molecule has 12 heavy (non-hydrogen) atoms. The molecule has 0 aliphatic heterocycles. The van der Waals surface area contributed by atoms with E-state index in [2.05, 4.69) is 18.4 Å². The largest absolute Gasteiger partial charge is 0.322 e. The molecule has 1 N–H and O–H groups in total. The molecule has 2 unspecified atom stereocenters. The van der Waals surface area contributed by atoms with Gasteiger partial charge in [-0.15, -0.1) is 11.6 Å². The topological polar surface area (TPSA) is 12.0 Å². The van der Waals surface area contributed by atoms with Crippen molar-refractivity contribution in [2.75, 3.05) is 13.2 Å². The van der Waals surface area contributed by atoms with Crippen molar-refractivity contribution in [3.05, 3.63) is 0 Å². The maximum Gasteiger partial charge on any atom is 0.0671 e. The molecule has 0 radical (unpaired) electrons. The molecule has 0 saturated heterocycles. The lowest BCUT2D eigenvalue weighted by molar-refractivity contribution is 0.810. The molecule has 1 nitrogen and oxygen atoms in total. The molecule has 0 heterocycles. The highest BCUT2D eigenvalue weighted by Gasteiger charge is 2.38. The molecule has 1 fully saturated rings. The van der Waals surface area contributed by atoms with Crippen LogP contribution in [-0.4, -0.2) is 26.7 Å². The van der Waals surface area contributed by atoms with Gasteiger partial charge in [0, 0.05) is 5.38 Å². The van der Waals surface area contributed by atoms with Gasteiger partial charge >= 0.3 is 0 Å². The Morgan fingerprint density at radius 2 is 2.08 bits per heavy atom. The van der Waals surface area contributed by atoms with Crippen LogP contribution in [0.25, 0.3) is 0 Å². The van der Waals surface area contributed by atoms with Gasteiger partial charge in [0.15, 0.2) is 0 Å². The first-order chi connectivity index (χ1) is 5.58. The molecular formula is C9H20ClNSi. The number of hydrogen-bond acceptors (Lipinski definition) is 1. The molecule has 0 spiro atoms. The Balaban J connectivity index is 2.54. The van der Waals surface area contributed by atoms with Crippen LogP contribution in [0.2, 0.25) is 18.6 Å². The van der Waals surface area contributed by atoms with E-state index < -0.39 is 8.07 Å². The van der Waals surface area contributed by atoms with Gasteiger partial charge in [-0.3, -0.25) is 0 Å². The monoisotopic (exact) mass is 205 g/mol. The van der Waals surface area contributed by atoms with Gasteiger partial charge < -0.3 is 5.32 Å². The fraction of sp³-hybridized carbons (Fsp3) is 1.00. The van der Waals surface area contributed by atoms with Crippen molar-refractivity contribution in [3.63, 3.8) is 0 Å². The number of hydrogen-bond donors (Lipinski definition) is 1. The Labute approximate surface area is 81.9 Å². The lowest BCUT2D eigenvalue weighted by atomic mass is 10.4. The number of nitrogens with one attached hydrogen (secondary N) is 1. The average Bonchev–Trinajstić information content (AvgIpc) is 2.35. The summed E-state index contributed by atoms with van der Waals surface area (Å²) in [7, 11) is 0.972. The van der Waals surface area contributed by atoms with Gasteiger partial charge in [-0.2, -0.15) is 0 Å². The van der Waals surface area contributed by atoms with Crippen molar-refractivity contribution in [1.82, 2.24) is 5.32 Å². The minimum absolute atomic E-state index is 0.472. The summed E-state index contributed by atoms with van der Waals surface area (Å²) in [4.78, 5) is 0. The Bertz CT molecular complexity index is 149. The third-order valence-electron chi connectivity index (χ3n) is 3.07. The standard InChI is InChI=1S/C9H20ClNSi/c1-11-7-12(2,3)9-6-4-5-8(9)10/h8-9,11H,4-7H2,1-3H3. The summed E-state index contributed by atoms with van der Waals surface area (Å²) >= 11 is 6.31. The zero-order valence-electron chi connectivity index (χ0n) is 8.36. The van der Waals surface area contributed by atoms with E-state index in [4.69, 9.17) is 11.6 Å². The van der Waals surface area contributed by atoms with Crippen LogP contribution >= 0.6 is 11.6 Å². The Morgan fingerprint density at radius 3 is 2.50 bits per heavy atom. The van der Waals surface area contributed by atoms with E-state index in [9.17, 15) is 0 Å². The van der Waals surface area contributed by atoms with E-state index >= 15 is 0 Å². The first kappa shape index (κ1) is 10.5. The van der Waals surface area contributed by atoms with Gasteiger partial charge in [-0.05, 0) is 25.2 Å². The van der Waals surface area contributed by atoms with Gasteiger partial charge in [-0.1, -0.05) is 25.9 Å². The number of alkyl halides is 1. The van der Waals surface area contributed by atoms with Crippen LogP contribution in [0.5, 0.6) is 0 Å². The SMILES string of the molecule is CNC[Si](C)(C)C1CCCC1Cl. The first-order valence-electron chi connectivity index (χ1n) is 4.86. The highest BCUT2D eigenvalue weighted by Crippen LogP contribution is 2.41. The average molecular weight is 206 g/mol. The second-order valence-electron chi connectivity index (χ2n) is 4.57. The fourth-order valence-corrected chi connectivity index (χ4v) is 6.99. The summed E-state index contributed by atoms with van der Waals surface area (Å²) in [6, 6.07) is 0. The molecule has 2 atom stereocenters. The van der Waals surface area contributed by atoms with Crippen molar-refractivity contribution in [1.29, 1.82) is 0 Å². The summed E-state index contributed by atoms with van der Waals surface area (Å²) in [5, 5.41) is 3.78. The van der Waals surface area contributed by atoms with Gasteiger partial charge in [0.2, 0.25) is 0 Å². The van der Waals surface area contributed by atoms with Gasteiger partial charge in [0.1, 0.15) is 0 Å². The van der Waals surface area contributed by atoms with Crippen LogP contribution in [0.1, 0.15) is 19.3 Å². The fourth-order valence-electron chi connectivity index (χ4n) is 2.38. The maximum absolute atomic E-state index is 6.31. The van der Waals surface area contributed by atoms with Crippen LogP contribution in [0, 0.1) is 0 Å². The van der Waals surface area contributed by atoms with E-state index in [-0.39, 0.29) is 0 Å². The summed E-state index contributed by atoms with van der Waals surface area (Å²) in [6.45, 7) is 4.91. The zero-order valence-corrected chi connectivity index (χ0v) is 10.1. The molecule has 1 aliphatic rings. The molecule has 0 bridgehead atoms. The lowest BCUT2D eigenvalue weighted by Gasteiger charge is -2.31. The zero-order chi connectivity index (χ0) is 9.19. The lowest BCUT2D eigenvalue weighted by Crippen LogP contribution is -2.44. The van der Waals surface area contributed by atoms with Gasteiger partial charge in [0.05, 0.1) is 8.07 Å². The van der Waals surface area contributed by atoms with Crippen molar-refractivity contribution in [3.8, 4) is 0 Å². The summed E-state index contributed by atoms with van der Waals surface area (Å²) in [6.07, 6.45) is 5.17. The minimum Gasteiger partial charge on any atom is -0.322 e. The first-order valence-corrected chi connectivity index (χ1v) is 8.58. The minimum atomic E-state index is -1.08. The summed E-state index contributed by atoms with van der Waals surface area (Å²) in [5.41, 5.74) is 0.839. The van der Waals surface area contributed by atoms with Crippen molar-refractivity contribution < 1.29 is 0 Å². The molecule has 0 aromatic carbocycles. The van der Waals surface area contributed by atoms with Gasteiger partial charge in [-0.25, -0.2) is 0 Å². The third kappa shape index (κ3) is 2.24. The van der Waals surface area contributed by atoms with E-state index in [1.54, 1.807) is 0 Å². The van der Waals surface area contributed by atoms with E-state index in [0.717, 1.165) is 5.54 Å². The highest BCUT2D eigenvalue weighted by molar-refractivity contribution is 6.79. The summed E-state index contributed by atoms with van der Waals surface area (Å²) < 4.78 is 0. The molecule has 1 rings (SSSR count). The molecule has 1 saturated carbocycles. The Hall–Kier alpha value is 0.467. The molecule has 0 aromatic heterocycles. The van der Waals surface area contributed by atoms with Crippen molar-refractivity contribution >= 4 is 19.7 Å². The molecule has 1 aliphatic carbocycles. The molecule has 0 amide bonds. The van der Waals surface area contributed by atoms with Crippen LogP contribution in [0.15, 0.2) is 0 Å². The number of rotatable bonds is 3. The molecule has 0 aromatic rings. The molecule has 3 heteroatoms. The number of halogens is 1. The predicted molar refractivity (Wildman–Crippen MR) is 58.7 cm³/mol. The molecule has 72 valence electrons. The van der Waals surface area contributed by atoms with Crippen LogP contribution in [-0.2, 0) is 0 Å². The maximum atomic E-state index is 6.31. The van der Waals surface area contributed by atoms with E-state index in [1.165, 1.54) is 25.4 Å². The van der Waals surface area contributed by atoms with Crippen molar-refractivity contribution in [2.24, 2.45) is 0 Å². The second kappa shape index (κ2) is 4.12. The van der Waals surface area contributed by atoms with Crippen LogP contribution in [0.4, 0.5) is 0 Å². The molecular weight excluding hydrogens is 186 g/mol. The third-order valence-corrected chi connectivity index (χ3v) is 7.76. The second-order valence-corrected chi connectivity index (χ2v) is 10.2. The van der Waals surface area contributed by atoms with Gasteiger partial charge in [0.25, 0.3) is 0 Å². The normalized spacial score (nSPS) is 31.0.